The highest BCUT2D eigenvalue weighted by Crippen LogP contribution is 2.36. The number of rotatable bonds is 4. The number of benzene rings is 2. The van der Waals surface area contributed by atoms with Crippen LogP contribution in [0, 0.1) is 0 Å². The van der Waals surface area contributed by atoms with Crippen LogP contribution >= 0.6 is 11.6 Å². The molecule has 0 aliphatic rings. The monoisotopic (exact) mass is 355 g/mol. The molecule has 0 saturated heterocycles. The van der Waals surface area contributed by atoms with Crippen molar-refractivity contribution in [1.29, 1.82) is 0 Å². The lowest BCUT2D eigenvalue weighted by atomic mass is 9.97. The van der Waals surface area contributed by atoms with Crippen molar-refractivity contribution in [2.75, 3.05) is 26.5 Å². The van der Waals surface area contributed by atoms with Crippen LogP contribution in [0.3, 0.4) is 0 Å². The van der Waals surface area contributed by atoms with E-state index in [2.05, 4.69) is 29.4 Å². The highest BCUT2D eigenvalue weighted by Gasteiger charge is 2.16. The number of halogens is 1. The molecule has 3 rings (SSSR count). The summed E-state index contributed by atoms with van der Waals surface area (Å²) in [6, 6.07) is 12.1. The van der Waals surface area contributed by atoms with Gasteiger partial charge in [-0.15, -0.1) is 0 Å². The third-order valence-electron chi connectivity index (χ3n) is 4.39. The Morgan fingerprint density at radius 3 is 2.52 bits per heavy atom. The van der Waals surface area contributed by atoms with Gasteiger partial charge in [-0.2, -0.15) is 0 Å². The van der Waals surface area contributed by atoms with Gasteiger partial charge in [0.25, 0.3) is 5.91 Å². The zero-order valence-corrected chi connectivity index (χ0v) is 15.7. The second kappa shape index (κ2) is 6.81. The molecular weight excluding hydrogens is 334 g/mol. The summed E-state index contributed by atoms with van der Waals surface area (Å²) in [4.78, 5) is 17.2. The van der Waals surface area contributed by atoms with Gasteiger partial charge in [-0.25, -0.2) is 0 Å². The SMILES string of the molecule is CCc1cc(-c2ccc(NC)cc2Cl)c2cc(C(=O)N(C)C)[nH]c2c1. The van der Waals surface area contributed by atoms with Crippen molar-refractivity contribution in [3.05, 3.63) is 52.7 Å². The molecule has 0 aliphatic carbocycles. The van der Waals surface area contributed by atoms with Crippen LogP contribution in [-0.4, -0.2) is 36.9 Å². The van der Waals surface area contributed by atoms with Crippen molar-refractivity contribution in [2.24, 2.45) is 0 Å². The topological polar surface area (TPSA) is 48.1 Å². The number of anilines is 1. The first-order valence-corrected chi connectivity index (χ1v) is 8.67. The maximum absolute atomic E-state index is 12.3. The molecule has 2 N–H and O–H groups in total. The molecule has 0 bridgehead atoms. The molecule has 5 heteroatoms. The molecule has 1 aromatic heterocycles. The summed E-state index contributed by atoms with van der Waals surface area (Å²) in [6.45, 7) is 2.12. The molecule has 3 aromatic rings. The summed E-state index contributed by atoms with van der Waals surface area (Å²) in [5.41, 5.74) is 5.70. The van der Waals surface area contributed by atoms with Crippen LogP contribution in [0.25, 0.3) is 22.0 Å². The number of H-pyrrole nitrogens is 1. The Hall–Kier alpha value is -2.46. The van der Waals surface area contributed by atoms with Gasteiger partial charge in [0.05, 0.1) is 5.02 Å². The number of nitrogens with zero attached hydrogens (tertiary/aromatic N) is 1. The molecule has 0 unspecified atom stereocenters. The lowest BCUT2D eigenvalue weighted by molar-refractivity contribution is 0.0823. The van der Waals surface area contributed by atoms with Crippen LogP contribution in [0.15, 0.2) is 36.4 Å². The fourth-order valence-electron chi connectivity index (χ4n) is 2.97. The van der Waals surface area contributed by atoms with E-state index >= 15 is 0 Å². The van der Waals surface area contributed by atoms with Crippen LogP contribution < -0.4 is 5.32 Å². The molecule has 1 heterocycles. The molecule has 0 saturated carbocycles. The molecule has 0 spiro atoms. The highest BCUT2D eigenvalue weighted by molar-refractivity contribution is 6.34. The van der Waals surface area contributed by atoms with Gasteiger partial charge >= 0.3 is 0 Å². The molecule has 1 amide bonds. The number of carbonyl (C=O) groups is 1. The number of hydrogen-bond donors (Lipinski definition) is 2. The first-order chi connectivity index (χ1) is 11.9. The number of aryl methyl sites for hydroxylation is 1. The van der Waals surface area contributed by atoms with Crippen molar-refractivity contribution < 1.29 is 4.79 Å². The molecule has 25 heavy (non-hydrogen) atoms. The van der Waals surface area contributed by atoms with Gasteiger partial charge in [0.2, 0.25) is 0 Å². The molecule has 0 fully saturated rings. The summed E-state index contributed by atoms with van der Waals surface area (Å²) in [7, 11) is 5.37. The van der Waals surface area contributed by atoms with Gasteiger partial charge in [0.1, 0.15) is 5.69 Å². The maximum atomic E-state index is 12.3. The third kappa shape index (κ3) is 3.22. The number of nitrogens with one attached hydrogen (secondary N) is 2. The van der Waals surface area contributed by atoms with Crippen LogP contribution in [0.5, 0.6) is 0 Å². The quantitative estimate of drug-likeness (QED) is 0.706. The number of hydrogen-bond acceptors (Lipinski definition) is 2. The molecular formula is C20H22ClN3O. The number of carbonyl (C=O) groups excluding carboxylic acids is 1. The zero-order valence-electron chi connectivity index (χ0n) is 14.9. The second-order valence-electron chi connectivity index (χ2n) is 6.29. The van der Waals surface area contributed by atoms with Crippen molar-refractivity contribution in [3.8, 4) is 11.1 Å². The summed E-state index contributed by atoms with van der Waals surface area (Å²) in [5.74, 6) is -0.0446. The van der Waals surface area contributed by atoms with Crippen LogP contribution in [0.2, 0.25) is 5.02 Å². The molecule has 0 radical (unpaired) electrons. The molecule has 0 aliphatic heterocycles. The molecule has 130 valence electrons. The summed E-state index contributed by atoms with van der Waals surface area (Å²) < 4.78 is 0. The fraction of sp³-hybridized carbons (Fsp3) is 0.250. The predicted molar refractivity (Wildman–Crippen MR) is 106 cm³/mol. The summed E-state index contributed by atoms with van der Waals surface area (Å²) >= 11 is 6.53. The van der Waals surface area contributed by atoms with Gasteiger partial charge in [-0.1, -0.05) is 30.7 Å². The molecule has 0 atom stereocenters. The Kier molecular flexibility index (Phi) is 4.73. The van der Waals surface area contributed by atoms with E-state index in [1.54, 1.807) is 19.0 Å². The minimum Gasteiger partial charge on any atom is -0.388 e. The smallest absolute Gasteiger partial charge is 0.269 e. The first kappa shape index (κ1) is 17.4. The zero-order chi connectivity index (χ0) is 18.1. The van der Waals surface area contributed by atoms with Crippen molar-refractivity contribution in [3.63, 3.8) is 0 Å². The number of aromatic amines is 1. The van der Waals surface area contributed by atoms with Crippen molar-refractivity contribution in [2.45, 2.75) is 13.3 Å². The van der Waals surface area contributed by atoms with E-state index in [1.165, 1.54) is 5.56 Å². The van der Waals surface area contributed by atoms with E-state index in [-0.39, 0.29) is 5.91 Å². The van der Waals surface area contributed by atoms with Gasteiger partial charge in [-0.3, -0.25) is 4.79 Å². The Balaban J connectivity index is 2.24. The van der Waals surface area contributed by atoms with Gasteiger partial charge in [0.15, 0.2) is 0 Å². The number of aromatic nitrogens is 1. The van der Waals surface area contributed by atoms with E-state index in [9.17, 15) is 4.79 Å². The van der Waals surface area contributed by atoms with Gasteiger partial charge in [0, 0.05) is 43.3 Å². The normalized spacial score (nSPS) is 10.9. The molecule has 2 aromatic carbocycles. The van der Waals surface area contributed by atoms with Crippen LogP contribution in [0.1, 0.15) is 23.0 Å². The van der Waals surface area contributed by atoms with E-state index in [0.717, 1.165) is 34.1 Å². The summed E-state index contributed by atoms with van der Waals surface area (Å²) in [5, 5.41) is 4.78. The highest BCUT2D eigenvalue weighted by atomic mass is 35.5. The predicted octanol–water partition coefficient (Wildman–Crippen LogP) is 4.79. The standard InChI is InChI=1S/C20H22ClN3O/c1-5-12-8-15(14-7-6-13(22-2)10-17(14)21)16-11-19(20(25)24(3)4)23-18(16)9-12/h6-11,22-23H,5H2,1-4H3. The Morgan fingerprint density at radius 1 is 1.16 bits per heavy atom. The van der Waals surface area contributed by atoms with Gasteiger partial charge in [-0.05, 0) is 41.8 Å². The van der Waals surface area contributed by atoms with E-state index in [0.29, 0.717) is 10.7 Å². The largest absolute Gasteiger partial charge is 0.388 e. The minimum atomic E-state index is -0.0446. The lowest BCUT2D eigenvalue weighted by Gasteiger charge is -2.10. The average Bonchev–Trinajstić information content (AvgIpc) is 3.03. The lowest BCUT2D eigenvalue weighted by Crippen LogP contribution is -2.21. The number of fused-ring (bicyclic) bond motifs is 1. The Bertz CT molecular complexity index is 944. The second-order valence-corrected chi connectivity index (χ2v) is 6.69. The minimum absolute atomic E-state index is 0.0446. The average molecular weight is 356 g/mol. The van der Waals surface area contributed by atoms with Crippen LogP contribution in [0.4, 0.5) is 5.69 Å². The summed E-state index contributed by atoms with van der Waals surface area (Å²) in [6.07, 6.45) is 0.908. The van der Waals surface area contributed by atoms with Crippen LogP contribution in [-0.2, 0) is 6.42 Å². The van der Waals surface area contributed by atoms with E-state index in [4.69, 9.17) is 11.6 Å². The Morgan fingerprint density at radius 2 is 1.92 bits per heavy atom. The van der Waals surface area contributed by atoms with E-state index in [1.807, 2.05) is 31.3 Å². The maximum Gasteiger partial charge on any atom is 0.269 e. The fourth-order valence-corrected chi connectivity index (χ4v) is 3.25. The Labute approximate surface area is 152 Å². The number of amides is 1. The first-order valence-electron chi connectivity index (χ1n) is 8.29. The van der Waals surface area contributed by atoms with Gasteiger partial charge < -0.3 is 15.2 Å². The van der Waals surface area contributed by atoms with E-state index < -0.39 is 0 Å². The molecule has 4 nitrogen and oxygen atoms in total. The van der Waals surface area contributed by atoms with Crippen molar-refractivity contribution in [1.82, 2.24) is 9.88 Å². The third-order valence-corrected chi connectivity index (χ3v) is 4.70. The van der Waals surface area contributed by atoms with Crippen molar-refractivity contribution >= 4 is 34.1 Å².